The molecule has 0 aliphatic heterocycles. The first kappa shape index (κ1) is 10.7. The summed E-state index contributed by atoms with van der Waals surface area (Å²) in [7, 11) is 0. The molecule has 0 aliphatic carbocycles. The van der Waals surface area contributed by atoms with E-state index in [0.717, 1.165) is 0 Å². The van der Waals surface area contributed by atoms with E-state index in [1.54, 1.807) is 13.0 Å². The Kier molecular flexibility index (Phi) is 4.07. The monoisotopic (exact) mass is 212 g/mol. The molecule has 0 atom stereocenters. The number of hydrogen-bond acceptors (Lipinski definition) is 4. The molecule has 1 heterocycles. The van der Waals surface area contributed by atoms with Crippen LogP contribution in [0.5, 0.6) is 0 Å². The van der Waals surface area contributed by atoms with E-state index in [1.165, 1.54) is 18.3 Å². The molecule has 0 radical (unpaired) electrons. The van der Waals surface area contributed by atoms with Gasteiger partial charge in [0.2, 0.25) is 5.28 Å². The molecular formula is C9H9ClN2O2. The van der Waals surface area contributed by atoms with Crippen LogP contribution in [0.1, 0.15) is 12.6 Å². The molecule has 1 aromatic rings. The third-order valence-electron chi connectivity index (χ3n) is 1.32. The van der Waals surface area contributed by atoms with Crippen molar-refractivity contribution in [1.29, 1.82) is 0 Å². The molecule has 0 saturated heterocycles. The number of ether oxygens (including phenoxy) is 1. The van der Waals surface area contributed by atoms with Gasteiger partial charge in [-0.25, -0.2) is 14.8 Å². The predicted octanol–water partition coefficient (Wildman–Crippen LogP) is 1.71. The van der Waals surface area contributed by atoms with Crippen molar-refractivity contribution in [3.63, 3.8) is 0 Å². The van der Waals surface area contributed by atoms with Crippen molar-refractivity contribution >= 4 is 23.6 Å². The zero-order valence-corrected chi connectivity index (χ0v) is 8.36. The Bertz CT molecular complexity index is 352. The first-order valence-electron chi connectivity index (χ1n) is 4.05. The van der Waals surface area contributed by atoms with Crippen molar-refractivity contribution in [3.8, 4) is 0 Å². The molecule has 0 unspecified atom stereocenters. The number of rotatable bonds is 3. The summed E-state index contributed by atoms with van der Waals surface area (Å²) in [5, 5.41) is 0.149. The second kappa shape index (κ2) is 5.34. The largest absolute Gasteiger partial charge is 0.463 e. The van der Waals surface area contributed by atoms with Gasteiger partial charge < -0.3 is 4.74 Å². The lowest BCUT2D eigenvalue weighted by molar-refractivity contribution is -0.137. The molecular weight excluding hydrogens is 204 g/mol. The number of hydrogen-bond donors (Lipinski definition) is 0. The van der Waals surface area contributed by atoms with Gasteiger partial charge in [0.05, 0.1) is 12.3 Å². The van der Waals surface area contributed by atoms with Gasteiger partial charge in [-0.2, -0.15) is 0 Å². The standard InChI is InChI=1S/C9H9ClN2O2/c1-2-14-8(13)4-3-7-5-6-11-9(10)12-7/h3-6H,2H2,1H3/b4-3+. The molecule has 0 bridgehead atoms. The maximum Gasteiger partial charge on any atom is 0.330 e. The summed E-state index contributed by atoms with van der Waals surface area (Å²) in [4.78, 5) is 18.5. The van der Waals surface area contributed by atoms with Crippen LogP contribution in [0.3, 0.4) is 0 Å². The van der Waals surface area contributed by atoms with Gasteiger partial charge in [-0.05, 0) is 30.7 Å². The SMILES string of the molecule is CCOC(=O)/C=C/c1ccnc(Cl)n1. The van der Waals surface area contributed by atoms with E-state index in [-0.39, 0.29) is 5.28 Å². The normalized spacial score (nSPS) is 10.4. The molecule has 0 amide bonds. The quantitative estimate of drug-likeness (QED) is 0.435. The Balaban J connectivity index is 2.64. The summed E-state index contributed by atoms with van der Waals surface area (Å²) in [5.41, 5.74) is 0.568. The van der Waals surface area contributed by atoms with E-state index in [9.17, 15) is 4.79 Å². The predicted molar refractivity (Wildman–Crippen MR) is 52.7 cm³/mol. The Morgan fingerprint density at radius 2 is 2.50 bits per heavy atom. The average molecular weight is 213 g/mol. The molecule has 5 heteroatoms. The molecule has 4 nitrogen and oxygen atoms in total. The Hall–Kier alpha value is -1.42. The number of aromatic nitrogens is 2. The van der Waals surface area contributed by atoms with Crippen molar-refractivity contribution in [3.05, 3.63) is 29.3 Å². The van der Waals surface area contributed by atoms with Crippen LogP contribution in [0.2, 0.25) is 5.28 Å². The van der Waals surface area contributed by atoms with Crippen LogP contribution in [0.15, 0.2) is 18.3 Å². The summed E-state index contributed by atoms with van der Waals surface area (Å²) in [6, 6.07) is 1.64. The number of esters is 1. The maximum atomic E-state index is 10.9. The van der Waals surface area contributed by atoms with Crippen molar-refractivity contribution < 1.29 is 9.53 Å². The molecule has 0 spiro atoms. The maximum absolute atomic E-state index is 10.9. The lowest BCUT2D eigenvalue weighted by Crippen LogP contribution is -1.98. The summed E-state index contributed by atoms with van der Waals surface area (Å²) < 4.78 is 4.69. The lowest BCUT2D eigenvalue weighted by atomic mass is 10.3. The molecule has 0 aromatic carbocycles. The minimum absolute atomic E-state index is 0.149. The lowest BCUT2D eigenvalue weighted by Gasteiger charge is -1.94. The molecule has 1 rings (SSSR count). The summed E-state index contributed by atoms with van der Waals surface area (Å²) in [6.07, 6.45) is 4.33. The Morgan fingerprint density at radius 3 is 3.14 bits per heavy atom. The second-order valence-electron chi connectivity index (χ2n) is 2.34. The molecule has 0 aliphatic rings. The minimum Gasteiger partial charge on any atom is -0.463 e. The molecule has 0 fully saturated rings. The van der Waals surface area contributed by atoms with E-state index < -0.39 is 5.97 Å². The molecule has 14 heavy (non-hydrogen) atoms. The molecule has 1 aromatic heterocycles. The highest BCUT2D eigenvalue weighted by Gasteiger charge is 1.95. The zero-order chi connectivity index (χ0) is 10.4. The first-order valence-corrected chi connectivity index (χ1v) is 4.43. The second-order valence-corrected chi connectivity index (χ2v) is 2.67. The number of carbonyl (C=O) groups is 1. The molecule has 0 N–H and O–H groups in total. The van der Waals surface area contributed by atoms with Crippen LogP contribution in [0.25, 0.3) is 6.08 Å². The summed E-state index contributed by atoms with van der Waals surface area (Å²) in [5.74, 6) is -0.401. The van der Waals surface area contributed by atoms with Crippen molar-refractivity contribution in [2.75, 3.05) is 6.61 Å². The molecule has 74 valence electrons. The van der Waals surface area contributed by atoms with Crippen LogP contribution in [-0.4, -0.2) is 22.5 Å². The number of nitrogens with zero attached hydrogens (tertiary/aromatic N) is 2. The van der Waals surface area contributed by atoms with Crippen molar-refractivity contribution in [1.82, 2.24) is 9.97 Å². The smallest absolute Gasteiger partial charge is 0.330 e. The van der Waals surface area contributed by atoms with E-state index in [0.29, 0.717) is 12.3 Å². The van der Waals surface area contributed by atoms with Crippen LogP contribution in [0, 0.1) is 0 Å². The fraction of sp³-hybridized carbons (Fsp3) is 0.222. The number of halogens is 1. The first-order chi connectivity index (χ1) is 6.72. The summed E-state index contributed by atoms with van der Waals surface area (Å²) >= 11 is 5.55. The average Bonchev–Trinajstić information content (AvgIpc) is 2.15. The van der Waals surface area contributed by atoms with Gasteiger partial charge in [0.1, 0.15) is 0 Å². The molecule has 0 saturated carbocycles. The van der Waals surface area contributed by atoms with Gasteiger partial charge in [0.25, 0.3) is 0 Å². The highest BCUT2D eigenvalue weighted by molar-refractivity contribution is 6.28. The highest BCUT2D eigenvalue weighted by Crippen LogP contribution is 2.02. The minimum atomic E-state index is -0.401. The van der Waals surface area contributed by atoms with Gasteiger partial charge in [0.15, 0.2) is 0 Å². The van der Waals surface area contributed by atoms with Crippen LogP contribution in [0.4, 0.5) is 0 Å². The van der Waals surface area contributed by atoms with Gasteiger partial charge >= 0.3 is 5.97 Å². The van der Waals surface area contributed by atoms with E-state index >= 15 is 0 Å². The highest BCUT2D eigenvalue weighted by atomic mass is 35.5. The number of carbonyl (C=O) groups excluding carboxylic acids is 1. The Labute approximate surface area is 86.6 Å². The van der Waals surface area contributed by atoms with E-state index in [4.69, 9.17) is 16.3 Å². The third-order valence-corrected chi connectivity index (χ3v) is 1.51. The van der Waals surface area contributed by atoms with Gasteiger partial charge in [0, 0.05) is 12.3 Å². The van der Waals surface area contributed by atoms with Crippen LogP contribution < -0.4 is 0 Å². The van der Waals surface area contributed by atoms with Gasteiger partial charge in [-0.15, -0.1) is 0 Å². The van der Waals surface area contributed by atoms with Crippen molar-refractivity contribution in [2.45, 2.75) is 6.92 Å². The van der Waals surface area contributed by atoms with Crippen LogP contribution >= 0.6 is 11.6 Å². The van der Waals surface area contributed by atoms with Crippen molar-refractivity contribution in [2.24, 2.45) is 0 Å². The third kappa shape index (κ3) is 3.53. The van der Waals surface area contributed by atoms with E-state index in [2.05, 4.69) is 9.97 Å². The fourth-order valence-corrected chi connectivity index (χ4v) is 0.938. The fourth-order valence-electron chi connectivity index (χ4n) is 0.784. The zero-order valence-electron chi connectivity index (χ0n) is 7.61. The summed E-state index contributed by atoms with van der Waals surface area (Å²) in [6.45, 7) is 2.10. The van der Waals surface area contributed by atoms with E-state index in [1.807, 2.05) is 0 Å². The van der Waals surface area contributed by atoms with Gasteiger partial charge in [-0.3, -0.25) is 0 Å². The van der Waals surface area contributed by atoms with Gasteiger partial charge in [-0.1, -0.05) is 0 Å². The topological polar surface area (TPSA) is 52.1 Å². The Morgan fingerprint density at radius 1 is 1.71 bits per heavy atom. The van der Waals surface area contributed by atoms with Crippen LogP contribution in [-0.2, 0) is 9.53 Å².